The van der Waals surface area contributed by atoms with Crippen molar-refractivity contribution in [3.8, 4) is 0 Å². The van der Waals surface area contributed by atoms with Crippen LogP contribution in [0.2, 0.25) is 0 Å². The molecule has 0 amide bonds. The standard InChI is InChI=1S/C24H21NO2/c1-18-22(19-12-6-3-7-13-19)24(27-2,21-16-10-5-11-17-21)25(26)23(18)20-14-8-4-9-15-20/h3-17H,1-2H3/t24-/m0/s1. The Bertz CT molecular complexity index is 1010. The van der Waals surface area contributed by atoms with E-state index < -0.39 is 5.72 Å². The Kier molecular flexibility index (Phi) is 4.38. The summed E-state index contributed by atoms with van der Waals surface area (Å²) in [5.74, 6) is 0. The number of methoxy groups -OCH3 is 1. The normalized spacial score (nSPS) is 19.6. The fraction of sp³-hybridized carbons (Fsp3) is 0.125. The summed E-state index contributed by atoms with van der Waals surface area (Å²) in [5, 5.41) is 13.8. The highest BCUT2D eigenvalue weighted by atomic mass is 16.6. The smallest absolute Gasteiger partial charge is 0.332 e. The zero-order valence-electron chi connectivity index (χ0n) is 15.4. The number of hydrogen-bond donors (Lipinski definition) is 0. The summed E-state index contributed by atoms with van der Waals surface area (Å²) in [6.07, 6.45) is 0. The van der Waals surface area contributed by atoms with Crippen molar-refractivity contribution >= 4 is 11.3 Å². The van der Waals surface area contributed by atoms with Crippen LogP contribution in [0.3, 0.4) is 0 Å². The molecule has 1 aliphatic rings. The molecule has 4 rings (SSSR count). The van der Waals surface area contributed by atoms with Gasteiger partial charge in [-0.2, -0.15) is 4.74 Å². The maximum atomic E-state index is 13.8. The molecule has 3 aromatic carbocycles. The van der Waals surface area contributed by atoms with E-state index in [1.165, 1.54) is 0 Å². The number of allylic oxidation sites excluding steroid dienone is 1. The molecule has 3 nitrogen and oxygen atoms in total. The van der Waals surface area contributed by atoms with Gasteiger partial charge in [-0.25, -0.2) is 0 Å². The molecular formula is C24H21NO2. The predicted molar refractivity (Wildman–Crippen MR) is 108 cm³/mol. The largest absolute Gasteiger partial charge is 0.621 e. The fourth-order valence-corrected chi connectivity index (χ4v) is 3.96. The van der Waals surface area contributed by atoms with Gasteiger partial charge in [-0.05, 0) is 36.8 Å². The topological polar surface area (TPSA) is 35.3 Å². The lowest BCUT2D eigenvalue weighted by atomic mass is 9.87. The van der Waals surface area contributed by atoms with Gasteiger partial charge in [0.25, 0.3) is 0 Å². The summed E-state index contributed by atoms with van der Waals surface area (Å²) in [7, 11) is 1.60. The second kappa shape index (κ2) is 6.86. The Morgan fingerprint density at radius 2 is 1.22 bits per heavy atom. The van der Waals surface area contributed by atoms with Gasteiger partial charge in [-0.15, -0.1) is 0 Å². The average molecular weight is 355 g/mol. The van der Waals surface area contributed by atoms with Crippen LogP contribution in [-0.4, -0.2) is 17.6 Å². The molecule has 0 aromatic heterocycles. The van der Waals surface area contributed by atoms with Gasteiger partial charge in [0.15, 0.2) is 0 Å². The van der Waals surface area contributed by atoms with Crippen LogP contribution >= 0.6 is 0 Å². The van der Waals surface area contributed by atoms with Crippen molar-refractivity contribution in [2.75, 3.05) is 7.11 Å². The van der Waals surface area contributed by atoms with E-state index in [2.05, 4.69) is 0 Å². The second-order valence-corrected chi connectivity index (χ2v) is 6.59. The highest BCUT2D eigenvalue weighted by Crippen LogP contribution is 2.47. The molecule has 3 aromatic rings. The summed E-state index contributed by atoms with van der Waals surface area (Å²) < 4.78 is 7.04. The Morgan fingerprint density at radius 3 is 1.74 bits per heavy atom. The highest BCUT2D eigenvalue weighted by molar-refractivity contribution is 6.16. The molecule has 0 radical (unpaired) electrons. The maximum Gasteiger partial charge on any atom is 0.332 e. The lowest BCUT2D eigenvalue weighted by molar-refractivity contribution is -0.595. The molecule has 27 heavy (non-hydrogen) atoms. The average Bonchev–Trinajstić information content (AvgIpc) is 2.97. The molecule has 0 N–H and O–H groups in total. The van der Waals surface area contributed by atoms with Crippen molar-refractivity contribution in [3.05, 3.63) is 118 Å². The summed E-state index contributed by atoms with van der Waals surface area (Å²) >= 11 is 0. The molecule has 0 saturated heterocycles. The Labute approximate surface area is 159 Å². The summed E-state index contributed by atoms with van der Waals surface area (Å²) in [4.78, 5) is 0. The van der Waals surface area contributed by atoms with Gasteiger partial charge in [0.2, 0.25) is 5.71 Å². The summed E-state index contributed by atoms with van der Waals surface area (Å²) in [6, 6.07) is 29.4. The van der Waals surface area contributed by atoms with Gasteiger partial charge in [-0.3, -0.25) is 0 Å². The van der Waals surface area contributed by atoms with E-state index >= 15 is 0 Å². The highest BCUT2D eigenvalue weighted by Gasteiger charge is 2.54. The van der Waals surface area contributed by atoms with Gasteiger partial charge in [-0.1, -0.05) is 66.7 Å². The van der Waals surface area contributed by atoms with Gasteiger partial charge in [0, 0.05) is 18.2 Å². The molecule has 0 saturated carbocycles. The van der Waals surface area contributed by atoms with Gasteiger partial charge in [0.05, 0.1) is 11.1 Å². The number of ether oxygens (including phenoxy) is 1. The van der Waals surface area contributed by atoms with E-state index in [4.69, 9.17) is 4.74 Å². The molecule has 0 fully saturated rings. The van der Waals surface area contributed by atoms with E-state index in [1.807, 2.05) is 97.9 Å². The van der Waals surface area contributed by atoms with Crippen molar-refractivity contribution in [3.63, 3.8) is 0 Å². The molecule has 1 heterocycles. The first-order valence-electron chi connectivity index (χ1n) is 8.97. The van der Waals surface area contributed by atoms with Crippen LogP contribution in [0, 0.1) is 5.21 Å². The number of hydrogen-bond acceptors (Lipinski definition) is 2. The maximum absolute atomic E-state index is 13.8. The molecule has 1 aliphatic heterocycles. The molecule has 3 heteroatoms. The van der Waals surface area contributed by atoms with E-state index in [0.29, 0.717) is 5.71 Å². The second-order valence-electron chi connectivity index (χ2n) is 6.59. The number of hydroxylamine groups is 1. The van der Waals surface area contributed by atoms with Crippen LogP contribution in [0.1, 0.15) is 23.6 Å². The minimum atomic E-state index is -1.22. The van der Waals surface area contributed by atoms with Crippen LogP contribution in [0.5, 0.6) is 0 Å². The van der Waals surface area contributed by atoms with Crippen LogP contribution in [0.25, 0.3) is 5.57 Å². The van der Waals surface area contributed by atoms with Crippen molar-refractivity contribution in [2.45, 2.75) is 12.6 Å². The van der Waals surface area contributed by atoms with Crippen LogP contribution in [0.4, 0.5) is 0 Å². The zero-order valence-corrected chi connectivity index (χ0v) is 15.4. The third-order valence-corrected chi connectivity index (χ3v) is 5.13. The molecule has 0 spiro atoms. The lowest BCUT2D eigenvalue weighted by Gasteiger charge is -2.30. The molecule has 0 unspecified atom stereocenters. The van der Waals surface area contributed by atoms with Crippen LogP contribution in [-0.2, 0) is 10.5 Å². The van der Waals surface area contributed by atoms with Crippen LogP contribution < -0.4 is 0 Å². The third-order valence-electron chi connectivity index (χ3n) is 5.13. The zero-order chi connectivity index (χ0) is 18.9. The van der Waals surface area contributed by atoms with Gasteiger partial charge < -0.3 is 9.94 Å². The van der Waals surface area contributed by atoms with Crippen molar-refractivity contribution < 1.29 is 9.48 Å². The minimum absolute atomic E-state index is 0.639. The summed E-state index contributed by atoms with van der Waals surface area (Å²) in [6.45, 7) is 2.00. The first kappa shape index (κ1) is 17.3. The Hall–Kier alpha value is -3.17. The van der Waals surface area contributed by atoms with E-state index in [-0.39, 0.29) is 0 Å². The van der Waals surface area contributed by atoms with Crippen LogP contribution in [0.15, 0.2) is 96.6 Å². The summed E-state index contributed by atoms with van der Waals surface area (Å²) in [5.41, 5.74) is 3.89. The molecule has 134 valence electrons. The van der Waals surface area contributed by atoms with E-state index in [1.54, 1.807) is 7.11 Å². The van der Waals surface area contributed by atoms with Gasteiger partial charge >= 0.3 is 5.72 Å². The Balaban J connectivity index is 2.06. The van der Waals surface area contributed by atoms with E-state index in [0.717, 1.165) is 32.6 Å². The van der Waals surface area contributed by atoms with E-state index in [9.17, 15) is 5.21 Å². The molecule has 1 atom stereocenters. The number of benzene rings is 3. The third kappa shape index (κ3) is 2.59. The SMILES string of the molecule is CO[C@@]1(c2ccccc2)C(c2ccccc2)=C(C)C(c2ccccc2)=[N+]1[O-]. The molecule has 0 bridgehead atoms. The van der Waals surface area contributed by atoms with Crippen molar-refractivity contribution in [1.29, 1.82) is 0 Å². The Morgan fingerprint density at radius 1 is 0.741 bits per heavy atom. The number of rotatable bonds is 4. The van der Waals surface area contributed by atoms with Crippen molar-refractivity contribution in [2.24, 2.45) is 0 Å². The van der Waals surface area contributed by atoms with Gasteiger partial charge in [0.1, 0.15) is 0 Å². The number of nitrogens with zero attached hydrogens (tertiary/aromatic N) is 1. The minimum Gasteiger partial charge on any atom is -0.621 e. The first-order chi connectivity index (χ1) is 13.2. The predicted octanol–water partition coefficient (Wildman–Crippen LogP) is 4.97. The fourth-order valence-electron chi connectivity index (χ4n) is 3.96. The molecule has 0 aliphatic carbocycles. The van der Waals surface area contributed by atoms with Crippen molar-refractivity contribution in [1.82, 2.24) is 0 Å². The quantitative estimate of drug-likeness (QED) is 0.489. The lowest BCUT2D eigenvalue weighted by Crippen LogP contribution is -2.38. The molecular weight excluding hydrogens is 334 g/mol. The first-order valence-corrected chi connectivity index (χ1v) is 8.97. The monoisotopic (exact) mass is 355 g/mol.